The molecule has 154 valence electrons. The second-order valence-electron chi connectivity index (χ2n) is 6.36. The number of fused-ring (bicyclic) bond motifs is 1. The molecule has 2 heterocycles. The number of nitrogens with zero attached hydrogens (tertiary/aromatic N) is 3. The number of amides is 1. The van der Waals surface area contributed by atoms with E-state index in [9.17, 15) is 19.7 Å². The quantitative estimate of drug-likeness (QED) is 0.276. The molecule has 4 rings (SSSR count). The predicted octanol–water partition coefficient (Wildman–Crippen LogP) is 4.06. The first-order valence-electron chi connectivity index (χ1n) is 9.03. The predicted molar refractivity (Wildman–Crippen MR) is 115 cm³/mol. The number of benzene rings is 2. The summed E-state index contributed by atoms with van der Waals surface area (Å²) in [4.78, 5) is 43.2. The number of anilines is 1. The molecule has 1 amide bonds. The molecule has 10 heteroatoms. The molecule has 1 N–H and O–H groups in total. The van der Waals surface area contributed by atoms with Gasteiger partial charge in [-0.2, -0.15) is 0 Å². The molecular weight excluding hydrogens is 420 g/mol. The number of rotatable bonds is 6. The van der Waals surface area contributed by atoms with Crippen molar-refractivity contribution in [3.05, 3.63) is 81.9 Å². The molecule has 0 saturated heterocycles. The fourth-order valence-electron chi connectivity index (χ4n) is 2.78. The van der Waals surface area contributed by atoms with E-state index in [0.717, 1.165) is 16.7 Å². The highest BCUT2D eigenvalue weighted by Gasteiger charge is 2.14. The summed E-state index contributed by atoms with van der Waals surface area (Å²) in [5, 5.41) is 16.3. The molecule has 0 unspecified atom stereocenters. The molecule has 0 aliphatic carbocycles. The minimum atomic E-state index is -0.711. The zero-order chi connectivity index (χ0) is 21.8. The first-order valence-corrected chi connectivity index (χ1v) is 9.91. The van der Waals surface area contributed by atoms with Gasteiger partial charge in [0.05, 0.1) is 16.1 Å². The Bertz CT molecular complexity index is 1300. The standard InChI is InChI=1S/C21H14N4O5S/c26-19(11-30-20(27)17-9-8-13-4-1-2-7-16(13)22-17)24-21-23-18(12-31-21)14-5-3-6-15(10-14)25(28)29/h1-10,12H,11H2,(H,23,24,26). The van der Waals surface area contributed by atoms with E-state index >= 15 is 0 Å². The fourth-order valence-corrected chi connectivity index (χ4v) is 3.52. The summed E-state index contributed by atoms with van der Waals surface area (Å²) in [5.74, 6) is -1.27. The summed E-state index contributed by atoms with van der Waals surface area (Å²) < 4.78 is 5.03. The molecule has 0 aliphatic heterocycles. The Morgan fingerprint density at radius 1 is 1.06 bits per heavy atom. The summed E-state index contributed by atoms with van der Waals surface area (Å²) in [6, 6.07) is 16.7. The van der Waals surface area contributed by atoms with Crippen LogP contribution in [0.25, 0.3) is 22.2 Å². The third-order valence-corrected chi connectivity index (χ3v) is 5.00. The molecule has 0 radical (unpaired) electrons. The highest BCUT2D eigenvalue weighted by Crippen LogP contribution is 2.27. The lowest BCUT2D eigenvalue weighted by molar-refractivity contribution is -0.384. The van der Waals surface area contributed by atoms with E-state index in [4.69, 9.17) is 4.74 Å². The van der Waals surface area contributed by atoms with Crippen LogP contribution in [0.5, 0.6) is 0 Å². The summed E-state index contributed by atoms with van der Waals surface area (Å²) in [7, 11) is 0. The minimum absolute atomic E-state index is 0.0507. The lowest BCUT2D eigenvalue weighted by Gasteiger charge is -2.05. The maximum atomic E-state index is 12.2. The van der Waals surface area contributed by atoms with Gasteiger partial charge in [0.2, 0.25) is 0 Å². The molecule has 0 spiro atoms. The van der Waals surface area contributed by atoms with Crippen LogP contribution in [0.4, 0.5) is 10.8 Å². The minimum Gasteiger partial charge on any atom is -0.451 e. The Balaban J connectivity index is 1.36. The van der Waals surface area contributed by atoms with Crippen LogP contribution in [0.3, 0.4) is 0 Å². The van der Waals surface area contributed by atoms with Gasteiger partial charge in [0.25, 0.3) is 11.6 Å². The first kappa shape index (κ1) is 20.1. The number of aromatic nitrogens is 2. The van der Waals surface area contributed by atoms with Gasteiger partial charge in [-0.3, -0.25) is 20.2 Å². The molecule has 0 fully saturated rings. The van der Waals surface area contributed by atoms with Crippen molar-refractivity contribution in [2.75, 3.05) is 11.9 Å². The second-order valence-corrected chi connectivity index (χ2v) is 7.22. The highest BCUT2D eigenvalue weighted by atomic mass is 32.1. The number of nitro groups is 1. The van der Waals surface area contributed by atoms with Crippen LogP contribution in [0.15, 0.2) is 66.0 Å². The molecule has 0 aliphatic rings. The van der Waals surface area contributed by atoms with Gasteiger partial charge >= 0.3 is 5.97 Å². The molecular formula is C21H14N4O5S. The van der Waals surface area contributed by atoms with E-state index < -0.39 is 23.4 Å². The Labute approximate surface area is 179 Å². The largest absolute Gasteiger partial charge is 0.451 e. The van der Waals surface area contributed by atoms with Crippen LogP contribution in [0, 0.1) is 10.1 Å². The number of thiazole rings is 1. The number of nitrogens with one attached hydrogen (secondary N) is 1. The zero-order valence-electron chi connectivity index (χ0n) is 15.8. The lowest BCUT2D eigenvalue weighted by atomic mass is 10.1. The van der Waals surface area contributed by atoms with Crippen molar-refractivity contribution in [2.24, 2.45) is 0 Å². The van der Waals surface area contributed by atoms with E-state index in [2.05, 4.69) is 15.3 Å². The Kier molecular flexibility index (Phi) is 5.63. The monoisotopic (exact) mass is 434 g/mol. The molecule has 0 atom stereocenters. The smallest absolute Gasteiger partial charge is 0.357 e. The lowest BCUT2D eigenvalue weighted by Crippen LogP contribution is -2.21. The van der Waals surface area contributed by atoms with Crippen molar-refractivity contribution in [1.82, 2.24) is 9.97 Å². The summed E-state index contributed by atoms with van der Waals surface area (Å²) in [5.41, 5.74) is 1.75. The van der Waals surface area contributed by atoms with Crippen LogP contribution in [0.1, 0.15) is 10.5 Å². The third-order valence-electron chi connectivity index (χ3n) is 4.25. The van der Waals surface area contributed by atoms with E-state index in [1.54, 1.807) is 29.6 Å². The number of esters is 1. The zero-order valence-corrected chi connectivity index (χ0v) is 16.7. The number of ether oxygens (including phenoxy) is 1. The van der Waals surface area contributed by atoms with Crippen molar-refractivity contribution >= 4 is 44.9 Å². The number of carbonyl (C=O) groups excluding carboxylic acids is 2. The van der Waals surface area contributed by atoms with E-state index in [1.165, 1.54) is 18.2 Å². The number of para-hydroxylation sites is 1. The van der Waals surface area contributed by atoms with Crippen LogP contribution in [-0.4, -0.2) is 33.4 Å². The topological polar surface area (TPSA) is 124 Å². The van der Waals surface area contributed by atoms with Crippen LogP contribution >= 0.6 is 11.3 Å². The molecule has 0 bridgehead atoms. The Morgan fingerprint density at radius 2 is 1.90 bits per heavy atom. The summed E-state index contributed by atoms with van der Waals surface area (Å²) >= 11 is 1.15. The first-order chi connectivity index (χ1) is 15.0. The van der Waals surface area contributed by atoms with Crippen LogP contribution in [-0.2, 0) is 9.53 Å². The molecule has 31 heavy (non-hydrogen) atoms. The fraction of sp³-hybridized carbons (Fsp3) is 0.0476. The number of pyridine rings is 1. The van der Waals surface area contributed by atoms with Gasteiger partial charge in [-0.25, -0.2) is 14.8 Å². The third kappa shape index (κ3) is 4.70. The Morgan fingerprint density at radius 3 is 2.74 bits per heavy atom. The van der Waals surface area contributed by atoms with Gasteiger partial charge in [0.1, 0.15) is 5.69 Å². The average Bonchev–Trinajstić information content (AvgIpc) is 3.25. The Hall–Kier alpha value is -4.18. The van der Waals surface area contributed by atoms with E-state index in [1.807, 2.05) is 18.2 Å². The number of non-ortho nitro benzene ring substituents is 1. The van der Waals surface area contributed by atoms with Gasteiger partial charge in [-0.1, -0.05) is 36.4 Å². The van der Waals surface area contributed by atoms with Gasteiger partial charge in [-0.15, -0.1) is 11.3 Å². The van der Waals surface area contributed by atoms with Crippen molar-refractivity contribution in [1.29, 1.82) is 0 Å². The van der Waals surface area contributed by atoms with E-state index in [0.29, 0.717) is 16.8 Å². The molecule has 2 aromatic carbocycles. The number of hydrogen-bond acceptors (Lipinski definition) is 8. The summed E-state index contributed by atoms with van der Waals surface area (Å²) in [6.07, 6.45) is 0. The number of carbonyl (C=O) groups is 2. The van der Waals surface area contributed by atoms with Crippen molar-refractivity contribution in [2.45, 2.75) is 0 Å². The van der Waals surface area contributed by atoms with Gasteiger partial charge < -0.3 is 4.74 Å². The SMILES string of the molecule is O=C(COC(=O)c1ccc2ccccc2n1)Nc1nc(-c2cccc([N+](=O)[O-])c2)cs1. The molecule has 9 nitrogen and oxygen atoms in total. The molecule has 2 aromatic heterocycles. The maximum absolute atomic E-state index is 12.2. The number of nitro benzene ring substituents is 1. The normalized spacial score (nSPS) is 10.6. The summed E-state index contributed by atoms with van der Waals surface area (Å²) in [6.45, 7) is -0.501. The highest BCUT2D eigenvalue weighted by molar-refractivity contribution is 7.14. The maximum Gasteiger partial charge on any atom is 0.357 e. The van der Waals surface area contributed by atoms with Crippen LogP contribution in [0.2, 0.25) is 0 Å². The van der Waals surface area contributed by atoms with Gasteiger partial charge in [0, 0.05) is 28.5 Å². The van der Waals surface area contributed by atoms with Crippen molar-refractivity contribution in [3.63, 3.8) is 0 Å². The molecule has 4 aromatic rings. The van der Waals surface area contributed by atoms with Gasteiger partial charge in [-0.05, 0) is 12.1 Å². The number of hydrogen-bond donors (Lipinski definition) is 1. The average molecular weight is 434 g/mol. The molecule has 0 saturated carbocycles. The van der Waals surface area contributed by atoms with Crippen molar-refractivity contribution in [3.8, 4) is 11.3 Å². The van der Waals surface area contributed by atoms with E-state index in [-0.39, 0.29) is 16.5 Å². The van der Waals surface area contributed by atoms with Gasteiger partial charge in [0.15, 0.2) is 11.7 Å². The second kappa shape index (κ2) is 8.67. The van der Waals surface area contributed by atoms with Crippen molar-refractivity contribution < 1.29 is 19.2 Å². The van der Waals surface area contributed by atoms with Crippen LogP contribution < -0.4 is 5.32 Å².